The van der Waals surface area contributed by atoms with Gasteiger partial charge in [0.1, 0.15) is 0 Å². The fourth-order valence-corrected chi connectivity index (χ4v) is 3.64. The normalized spacial score (nSPS) is 20.7. The zero-order valence-corrected chi connectivity index (χ0v) is 15.5. The Morgan fingerprint density at radius 3 is 2.19 bits per heavy atom. The number of anilines is 2. The molecule has 1 aliphatic heterocycles. The van der Waals surface area contributed by atoms with Gasteiger partial charge in [-0.3, -0.25) is 14.4 Å². The summed E-state index contributed by atoms with van der Waals surface area (Å²) in [7, 11) is 0. The SMILES string of the molecule is CC(C)C(=O)Nc1ccc(NC(=O)[C@@H]2CC(=O)N(C3CCCC3)C2)cc1. The van der Waals surface area contributed by atoms with Crippen LogP contribution in [0.4, 0.5) is 11.4 Å². The summed E-state index contributed by atoms with van der Waals surface area (Å²) in [6.45, 7) is 4.20. The van der Waals surface area contributed by atoms with Gasteiger partial charge in [-0.05, 0) is 37.1 Å². The van der Waals surface area contributed by atoms with Crippen LogP contribution >= 0.6 is 0 Å². The van der Waals surface area contributed by atoms with Crippen LogP contribution in [0, 0.1) is 11.8 Å². The number of hydrogen-bond donors (Lipinski definition) is 2. The third-order valence-corrected chi connectivity index (χ3v) is 5.24. The minimum atomic E-state index is -0.288. The first-order valence-corrected chi connectivity index (χ1v) is 9.45. The van der Waals surface area contributed by atoms with Gasteiger partial charge >= 0.3 is 0 Å². The average molecular weight is 357 g/mol. The highest BCUT2D eigenvalue weighted by Gasteiger charge is 2.38. The molecule has 0 unspecified atom stereocenters. The molecule has 0 radical (unpaired) electrons. The molecular weight excluding hydrogens is 330 g/mol. The Labute approximate surface area is 154 Å². The van der Waals surface area contributed by atoms with Gasteiger partial charge in [0.25, 0.3) is 0 Å². The number of nitrogens with one attached hydrogen (secondary N) is 2. The lowest BCUT2D eigenvalue weighted by molar-refractivity contribution is -0.130. The Balaban J connectivity index is 1.55. The fraction of sp³-hybridized carbons (Fsp3) is 0.550. The van der Waals surface area contributed by atoms with Gasteiger partial charge in [-0.2, -0.15) is 0 Å². The van der Waals surface area contributed by atoms with Gasteiger partial charge in [0.15, 0.2) is 0 Å². The van der Waals surface area contributed by atoms with Gasteiger partial charge < -0.3 is 15.5 Å². The van der Waals surface area contributed by atoms with E-state index in [0.29, 0.717) is 30.4 Å². The van der Waals surface area contributed by atoms with E-state index in [1.54, 1.807) is 24.3 Å². The molecule has 1 aromatic carbocycles. The molecule has 1 saturated heterocycles. The molecule has 26 heavy (non-hydrogen) atoms. The Morgan fingerprint density at radius 2 is 1.62 bits per heavy atom. The molecule has 1 saturated carbocycles. The van der Waals surface area contributed by atoms with E-state index in [-0.39, 0.29) is 29.6 Å². The van der Waals surface area contributed by atoms with Crippen molar-refractivity contribution in [3.05, 3.63) is 24.3 Å². The molecule has 1 aromatic rings. The van der Waals surface area contributed by atoms with Crippen molar-refractivity contribution in [2.75, 3.05) is 17.2 Å². The lowest BCUT2D eigenvalue weighted by Gasteiger charge is -2.23. The zero-order chi connectivity index (χ0) is 18.7. The summed E-state index contributed by atoms with van der Waals surface area (Å²) in [6, 6.07) is 7.38. The number of carbonyl (C=O) groups is 3. The molecule has 0 bridgehead atoms. The van der Waals surface area contributed by atoms with Crippen LogP contribution in [0.3, 0.4) is 0 Å². The number of benzene rings is 1. The number of carbonyl (C=O) groups excluding carboxylic acids is 3. The number of nitrogens with zero attached hydrogens (tertiary/aromatic N) is 1. The van der Waals surface area contributed by atoms with Crippen LogP contribution in [0.1, 0.15) is 46.0 Å². The minimum absolute atomic E-state index is 0.0433. The number of likely N-dealkylation sites (tertiary alicyclic amines) is 1. The third kappa shape index (κ3) is 4.23. The summed E-state index contributed by atoms with van der Waals surface area (Å²) >= 11 is 0. The van der Waals surface area contributed by atoms with E-state index in [9.17, 15) is 14.4 Å². The first-order chi connectivity index (χ1) is 12.4. The van der Waals surface area contributed by atoms with Gasteiger partial charge in [-0.1, -0.05) is 26.7 Å². The van der Waals surface area contributed by atoms with Crippen LogP contribution < -0.4 is 10.6 Å². The van der Waals surface area contributed by atoms with Crippen LogP contribution in [0.5, 0.6) is 0 Å². The summed E-state index contributed by atoms with van der Waals surface area (Å²) in [5, 5.41) is 5.71. The largest absolute Gasteiger partial charge is 0.339 e. The van der Waals surface area contributed by atoms with Crippen molar-refractivity contribution in [2.24, 2.45) is 11.8 Å². The van der Waals surface area contributed by atoms with Crippen LogP contribution in [0.15, 0.2) is 24.3 Å². The molecule has 3 rings (SSSR count). The van der Waals surface area contributed by atoms with Crippen molar-refractivity contribution in [3.63, 3.8) is 0 Å². The summed E-state index contributed by atoms with van der Waals surface area (Å²) in [5.41, 5.74) is 1.37. The molecule has 1 heterocycles. The minimum Gasteiger partial charge on any atom is -0.339 e. The Bertz CT molecular complexity index is 678. The maximum absolute atomic E-state index is 12.5. The number of hydrogen-bond acceptors (Lipinski definition) is 3. The van der Waals surface area contributed by atoms with Crippen molar-refractivity contribution in [1.29, 1.82) is 0 Å². The van der Waals surface area contributed by atoms with Crippen LogP contribution in [0.2, 0.25) is 0 Å². The van der Waals surface area contributed by atoms with E-state index in [4.69, 9.17) is 0 Å². The second-order valence-corrected chi connectivity index (χ2v) is 7.60. The topological polar surface area (TPSA) is 78.5 Å². The molecule has 2 N–H and O–H groups in total. The monoisotopic (exact) mass is 357 g/mol. The molecule has 0 spiro atoms. The van der Waals surface area contributed by atoms with Crippen LogP contribution in [0.25, 0.3) is 0 Å². The summed E-state index contributed by atoms with van der Waals surface area (Å²) in [5.74, 6) is -0.430. The molecule has 6 nitrogen and oxygen atoms in total. The van der Waals surface area contributed by atoms with E-state index in [1.807, 2.05) is 18.7 Å². The van der Waals surface area contributed by atoms with Crippen molar-refractivity contribution in [3.8, 4) is 0 Å². The molecule has 1 aliphatic carbocycles. The van der Waals surface area contributed by atoms with Gasteiger partial charge in [-0.15, -0.1) is 0 Å². The van der Waals surface area contributed by atoms with Crippen molar-refractivity contribution in [1.82, 2.24) is 4.90 Å². The van der Waals surface area contributed by atoms with Crippen LogP contribution in [-0.2, 0) is 14.4 Å². The molecule has 2 fully saturated rings. The highest BCUT2D eigenvalue weighted by molar-refractivity contribution is 5.97. The fourth-order valence-electron chi connectivity index (χ4n) is 3.64. The van der Waals surface area contributed by atoms with Crippen molar-refractivity contribution in [2.45, 2.75) is 52.0 Å². The molecule has 1 atom stereocenters. The summed E-state index contributed by atoms with van der Waals surface area (Å²) < 4.78 is 0. The zero-order valence-electron chi connectivity index (χ0n) is 15.5. The van der Waals surface area contributed by atoms with Gasteiger partial charge in [-0.25, -0.2) is 0 Å². The van der Waals surface area contributed by atoms with Crippen molar-refractivity contribution < 1.29 is 14.4 Å². The molecule has 6 heteroatoms. The second-order valence-electron chi connectivity index (χ2n) is 7.60. The van der Waals surface area contributed by atoms with Gasteiger partial charge in [0.05, 0.1) is 5.92 Å². The average Bonchev–Trinajstić information content (AvgIpc) is 3.25. The van der Waals surface area contributed by atoms with Crippen molar-refractivity contribution >= 4 is 29.1 Å². The highest BCUT2D eigenvalue weighted by atomic mass is 16.2. The Morgan fingerprint density at radius 1 is 1.04 bits per heavy atom. The van der Waals surface area contributed by atoms with E-state index < -0.39 is 0 Å². The molecule has 140 valence electrons. The maximum atomic E-state index is 12.5. The lowest BCUT2D eigenvalue weighted by atomic mass is 10.1. The van der Waals surface area contributed by atoms with E-state index >= 15 is 0 Å². The second kappa shape index (κ2) is 7.89. The van der Waals surface area contributed by atoms with E-state index in [2.05, 4.69) is 10.6 Å². The maximum Gasteiger partial charge on any atom is 0.229 e. The predicted molar refractivity (Wildman–Crippen MR) is 101 cm³/mol. The predicted octanol–water partition coefficient (Wildman–Crippen LogP) is 3.01. The third-order valence-electron chi connectivity index (χ3n) is 5.24. The van der Waals surface area contributed by atoms with Gasteiger partial charge in [0, 0.05) is 36.3 Å². The summed E-state index contributed by atoms with van der Waals surface area (Å²) in [4.78, 5) is 38.4. The standard InChI is InChI=1S/C20H27N3O3/c1-13(2)19(25)21-15-7-9-16(10-8-15)22-20(26)14-11-18(24)23(12-14)17-5-3-4-6-17/h7-10,13-14,17H,3-6,11-12H2,1-2H3,(H,21,25)(H,22,26)/t14-/m1/s1. The first-order valence-electron chi connectivity index (χ1n) is 9.45. The first kappa shape index (κ1) is 18.4. The molecule has 2 aliphatic rings. The highest BCUT2D eigenvalue weighted by Crippen LogP contribution is 2.30. The lowest BCUT2D eigenvalue weighted by Crippen LogP contribution is -2.35. The van der Waals surface area contributed by atoms with E-state index in [0.717, 1.165) is 12.8 Å². The quantitative estimate of drug-likeness (QED) is 0.850. The number of amides is 3. The molecule has 3 amide bonds. The smallest absolute Gasteiger partial charge is 0.229 e. The van der Waals surface area contributed by atoms with Crippen LogP contribution in [-0.4, -0.2) is 35.2 Å². The Hall–Kier alpha value is -2.37. The Kier molecular flexibility index (Phi) is 5.59. The molecular formula is C20H27N3O3. The molecule has 0 aromatic heterocycles. The number of rotatable bonds is 5. The van der Waals surface area contributed by atoms with Gasteiger partial charge in [0.2, 0.25) is 17.7 Å². The summed E-state index contributed by atoms with van der Waals surface area (Å²) in [6.07, 6.45) is 4.76. The van der Waals surface area contributed by atoms with E-state index in [1.165, 1.54) is 12.8 Å².